The number of unbranched alkanes of at least 4 members (excludes halogenated alkanes) is 14. The van der Waals surface area contributed by atoms with Crippen LogP contribution in [0.5, 0.6) is 0 Å². The highest BCUT2D eigenvalue weighted by atomic mass is 31.2. The maximum absolute atomic E-state index is 12.6. The lowest BCUT2D eigenvalue weighted by atomic mass is 10.1. The van der Waals surface area contributed by atoms with Crippen molar-refractivity contribution in [2.45, 2.75) is 180 Å². The number of hydrogen-bond acceptors (Lipinski definition) is 9. The first-order valence-electron chi connectivity index (χ1n) is 22.0. The Labute approximate surface area is 350 Å². The number of carbonyl (C=O) groups excluding carboxylic acids is 2. The van der Waals surface area contributed by atoms with Crippen molar-refractivity contribution in [3.63, 3.8) is 0 Å². The van der Waals surface area contributed by atoms with Gasteiger partial charge in [-0.2, -0.15) is 0 Å². The number of esters is 2. The second kappa shape index (κ2) is 40.7. The van der Waals surface area contributed by atoms with Crippen LogP contribution >= 0.6 is 7.82 Å². The van der Waals surface area contributed by atoms with Crippen molar-refractivity contribution in [1.29, 1.82) is 0 Å². The van der Waals surface area contributed by atoms with E-state index in [0.29, 0.717) is 12.8 Å². The van der Waals surface area contributed by atoms with E-state index in [-0.39, 0.29) is 19.4 Å². The Morgan fingerprint density at radius 3 is 1.48 bits per heavy atom. The van der Waals surface area contributed by atoms with Crippen LogP contribution in [-0.2, 0) is 37.5 Å². The molecule has 4 N–H and O–H groups in total. The molecule has 0 aliphatic heterocycles. The second-order valence-electron chi connectivity index (χ2n) is 14.4. The van der Waals surface area contributed by atoms with Gasteiger partial charge in [-0.15, -0.1) is 0 Å². The summed E-state index contributed by atoms with van der Waals surface area (Å²) in [7, 11) is -4.73. The van der Waals surface area contributed by atoms with Crippen molar-refractivity contribution < 1.29 is 47.5 Å². The molecule has 11 nitrogen and oxygen atoms in total. The van der Waals surface area contributed by atoms with Crippen LogP contribution in [0.1, 0.15) is 168 Å². The van der Waals surface area contributed by atoms with Crippen molar-refractivity contribution in [2.75, 3.05) is 19.8 Å². The maximum Gasteiger partial charge on any atom is 0.472 e. The molecule has 12 heteroatoms. The fourth-order valence-corrected chi connectivity index (χ4v) is 6.27. The van der Waals surface area contributed by atoms with Gasteiger partial charge in [0.25, 0.3) is 0 Å². The molecule has 0 bridgehead atoms. The van der Waals surface area contributed by atoms with Gasteiger partial charge in [0.2, 0.25) is 0 Å². The van der Waals surface area contributed by atoms with Gasteiger partial charge in [0, 0.05) is 12.8 Å². The predicted octanol–water partition coefficient (Wildman–Crippen LogP) is 11.7. The van der Waals surface area contributed by atoms with E-state index < -0.39 is 51.1 Å². The van der Waals surface area contributed by atoms with E-state index in [4.69, 9.17) is 24.8 Å². The summed E-state index contributed by atoms with van der Waals surface area (Å²) in [6, 6.07) is -1.53. The average molecular weight is 836 g/mol. The quantitative estimate of drug-likeness (QED) is 0.0232. The lowest BCUT2D eigenvalue weighted by Gasteiger charge is -2.20. The van der Waals surface area contributed by atoms with Crippen LogP contribution in [0.2, 0.25) is 0 Å². The number of carboxylic acid groups (broad SMARTS) is 1. The van der Waals surface area contributed by atoms with Crippen molar-refractivity contribution in [3.05, 3.63) is 72.9 Å². The molecular weight excluding hydrogens is 757 g/mol. The average Bonchev–Trinajstić information content (AvgIpc) is 3.20. The molecule has 0 fully saturated rings. The van der Waals surface area contributed by atoms with Crippen molar-refractivity contribution >= 4 is 25.7 Å². The van der Waals surface area contributed by atoms with E-state index in [1.54, 1.807) is 0 Å². The summed E-state index contributed by atoms with van der Waals surface area (Å²) in [4.78, 5) is 46.0. The van der Waals surface area contributed by atoms with Gasteiger partial charge in [-0.3, -0.25) is 23.4 Å². The highest BCUT2D eigenvalue weighted by molar-refractivity contribution is 7.47. The van der Waals surface area contributed by atoms with E-state index in [0.717, 1.165) is 89.9 Å². The predicted molar refractivity (Wildman–Crippen MR) is 235 cm³/mol. The zero-order valence-corrected chi connectivity index (χ0v) is 36.8. The number of allylic oxidation sites excluding steroid dienone is 12. The molecule has 0 amide bonds. The Morgan fingerprint density at radius 1 is 0.552 bits per heavy atom. The molecule has 58 heavy (non-hydrogen) atoms. The minimum atomic E-state index is -4.73. The summed E-state index contributed by atoms with van der Waals surface area (Å²) in [5.74, 6) is -2.44. The largest absolute Gasteiger partial charge is 0.480 e. The van der Waals surface area contributed by atoms with E-state index in [1.165, 1.54) is 38.5 Å². The number of phosphoric ester groups is 1. The first kappa shape index (κ1) is 54.9. The minimum absolute atomic E-state index is 0.140. The molecule has 0 spiro atoms. The molecule has 0 heterocycles. The summed E-state index contributed by atoms with van der Waals surface area (Å²) >= 11 is 0. The van der Waals surface area contributed by atoms with Gasteiger partial charge in [0.15, 0.2) is 6.10 Å². The topological polar surface area (TPSA) is 172 Å². The molecule has 0 aromatic carbocycles. The summed E-state index contributed by atoms with van der Waals surface area (Å²) in [5, 5.41) is 8.89. The molecule has 0 rings (SSSR count). The van der Waals surface area contributed by atoms with Gasteiger partial charge in [-0.25, -0.2) is 4.57 Å². The van der Waals surface area contributed by atoms with E-state index >= 15 is 0 Å². The lowest BCUT2D eigenvalue weighted by Crippen LogP contribution is -2.34. The smallest absolute Gasteiger partial charge is 0.472 e. The molecule has 0 saturated carbocycles. The summed E-state index contributed by atoms with van der Waals surface area (Å²) < 4.78 is 32.7. The molecule has 332 valence electrons. The molecule has 0 radical (unpaired) electrons. The Hall–Kier alpha value is -3.08. The zero-order valence-electron chi connectivity index (χ0n) is 35.9. The molecule has 1 unspecified atom stereocenters. The van der Waals surface area contributed by atoms with Gasteiger partial charge in [-0.05, 0) is 83.5 Å². The molecule has 3 atom stereocenters. The molecule has 0 aromatic heterocycles. The van der Waals surface area contributed by atoms with Gasteiger partial charge in [-0.1, -0.05) is 145 Å². The lowest BCUT2D eigenvalue weighted by molar-refractivity contribution is -0.161. The molecule has 0 aromatic rings. The fraction of sp³-hybridized carbons (Fsp3) is 0.674. The third kappa shape index (κ3) is 39.7. The Bertz CT molecular complexity index is 1260. The Balaban J connectivity index is 4.44. The fourth-order valence-electron chi connectivity index (χ4n) is 5.50. The minimum Gasteiger partial charge on any atom is -0.480 e. The SMILES string of the molecule is CC/C=C/C/C=C/C/C=C/C/C=C/C/C=C/CCCCCC(=O)OC[C@H](COP(=O)(O)OC[C@H](N)C(=O)O)OC(=O)CCCCCCC/C=C/CCCCCCCC. The molecule has 0 saturated heterocycles. The number of hydrogen-bond donors (Lipinski definition) is 3. The number of nitrogens with two attached hydrogens (primary N) is 1. The van der Waals surface area contributed by atoms with Crippen LogP contribution in [0.3, 0.4) is 0 Å². The highest BCUT2D eigenvalue weighted by Gasteiger charge is 2.28. The summed E-state index contributed by atoms with van der Waals surface area (Å²) in [6.07, 6.45) is 48.2. The number of phosphoric acid groups is 1. The first-order chi connectivity index (χ1) is 28.1. The number of ether oxygens (including phenoxy) is 2. The van der Waals surface area contributed by atoms with Gasteiger partial charge in [0.1, 0.15) is 12.6 Å². The normalized spacial score (nSPS) is 14.4. The molecular formula is C46H78NO10P. The van der Waals surface area contributed by atoms with Crippen LogP contribution in [0.4, 0.5) is 0 Å². The number of carboxylic acids is 1. The van der Waals surface area contributed by atoms with Crippen LogP contribution in [0.25, 0.3) is 0 Å². The number of carbonyl (C=O) groups is 3. The summed E-state index contributed by atoms with van der Waals surface area (Å²) in [5.41, 5.74) is 5.33. The van der Waals surface area contributed by atoms with Crippen LogP contribution in [-0.4, -0.2) is 59.9 Å². The van der Waals surface area contributed by atoms with E-state index in [1.807, 2.05) is 0 Å². The highest BCUT2D eigenvalue weighted by Crippen LogP contribution is 2.43. The van der Waals surface area contributed by atoms with Gasteiger partial charge >= 0.3 is 25.7 Å². The monoisotopic (exact) mass is 836 g/mol. The third-order valence-electron chi connectivity index (χ3n) is 8.94. The molecule has 0 aliphatic carbocycles. The van der Waals surface area contributed by atoms with E-state index in [2.05, 4.69) is 91.3 Å². The standard InChI is InChI=1S/C46H78NO10P/c1-3-5-7-9-11-13-15-17-19-20-21-22-24-25-27-29-31-33-35-37-44(48)54-39-42(40-55-58(52,53)56-41-43(47)46(50)51)57-45(49)38-36-34-32-30-28-26-23-18-16-14-12-10-8-6-4-2/h5,7,11,13,17-19,21-23,25,27,42-43H,3-4,6,8-10,12,14-16,20,24,26,28-41,47H2,1-2H3,(H,50,51)(H,52,53)/b7-5+,13-11+,19-17+,22-21+,23-18+,27-25+/t42-,43+/m1/s1. The van der Waals surface area contributed by atoms with Crippen LogP contribution in [0, 0.1) is 0 Å². The third-order valence-corrected chi connectivity index (χ3v) is 9.89. The Morgan fingerprint density at radius 2 is 0.966 bits per heavy atom. The Kier molecular flexibility index (Phi) is 38.5. The van der Waals surface area contributed by atoms with Crippen molar-refractivity contribution in [3.8, 4) is 0 Å². The zero-order chi connectivity index (χ0) is 42.8. The summed E-state index contributed by atoms with van der Waals surface area (Å²) in [6.45, 7) is 2.63. The van der Waals surface area contributed by atoms with Crippen LogP contribution < -0.4 is 5.73 Å². The molecule has 0 aliphatic rings. The maximum atomic E-state index is 12.6. The van der Waals surface area contributed by atoms with Gasteiger partial charge in [0.05, 0.1) is 13.2 Å². The second-order valence-corrected chi connectivity index (χ2v) is 15.9. The number of rotatable bonds is 40. The van der Waals surface area contributed by atoms with E-state index in [9.17, 15) is 23.8 Å². The van der Waals surface area contributed by atoms with Crippen LogP contribution in [0.15, 0.2) is 72.9 Å². The van der Waals surface area contributed by atoms with Crippen molar-refractivity contribution in [2.24, 2.45) is 5.73 Å². The van der Waals surface area contributed by atoms with Gasteiger partial charge < -0.3 is 25.2 Å². The number of aliphatic carboxylic acids is 1. The van der Waals surface area contributed by atoms with Crippen molar-refractivity contribution in [1.82, 2.24) is 0 Å². The first-order valence-corrected chi connectivity index (χ1v) is 23.5.